The van der Waals surface area contributed by atoms with Crippen LogP contribution in [0, 0.1) is 0 Å². The lowest BCUT2D eigenvalue weighted by molar-refractivity contribution is 0.0969. The van der Waals surface area contributed by atoms with Gasteiger partial charge in [0.05, 0.1) is 12.2 Å². The topological polar surface area (TPSA) is 68.8 Å². The molecule has 8 heteroatoms. The molecule has 31 heavy (non-hydrogen) atoms. The summed E-state index contributed by atoms with van der Waals surface area (Å²) in [6.07, 6.45) is 0. The summed E-state index contributed by atoms with van der Waals surface area (Å²) in [5, 5.41) is 5.84. The van der Waals surface area contributed by atoms with Gasteiger partial charge in [-0.2, -0.15) is 0 Å². The normalized spacial score (nSPS) is 10.3. The summed E-state index contributed by atoms with van der Waals surface area (Å²) >= 11 is 8.66. The molecule has 0 aliphatic heterocycles. The van der Waals surface area contributed by atoms with Crippen LogP contribution in [-0.2, 0) is 4.74 Å². The molecule has 0 bridgehead atoms. The van der Waals surface area contributed by atoms with Crippen LogP contribution in [0.3, 0.4) is 0 Å². The largest absolute Gasteiger partial charge is 0.490 e. The van der Waals surface area contributed by atoms with E-state index in [-0.39, 0.29) is 11.0 Å². The van der Waals surface area contributed by atoms with Crippen LogP contribution in [-0.4, -0.2) is 31.3 Å². The predicted octanol–water partition coefficient (Wildman–Crippen LogP) is 5.39. The molecule has 0 fully saturated rings. The van der Waals surface area contributed by atoms with Crippen molar-refractivity contribution >= 4 is 44.9 Å². The van der Waals surface area contributed by atoms with Crippen LogP contribution in [0.4, 0.5) is 5.69 Å². The van der Waals surface area contributed by atoms with E-state index >= 15 is 0 Å². The number of rotatable bonds is 8. The van der Waals surface area contributed by atoms with Crippen molar-refractivity contribution in [2.24, 2.45) is 0 Å². The highest BCUT2D eigenvalue weighted by atomic mass is 79.9. The van der Waals surface area contributed by atoms with E-state index < -0.39 is 0 Å². The van der Waals surface area contributed by atoms with Crippen molar-refractivity contribution in [3.05, 3.63) is 82.8 Å². The van der Waals surface area contributed by atoms with Crippen molar-refractivity contribution in [3.63, 3.8) is 0 Å². The van der Waals surface area contributed by atoms with Gasteiger partial charge < -0.3 is 19.5 Å². The molecule has 0 atom stereocenters. The molecular weight excluding hydrogens is 480 g/mol. The standard InChI is InChI=1S/C23H21BrN2O4S/c1-28-13-14-29-21-12-7-16(24)15-20(21)22(27)26-23(31)25-17-8-10-19(11-9-17)30-18-5-3-2-4-6-18/h2-12,15H,13-14H2,1H3,(H2,25,26,27,31). The van der Waals surface area contributed by atoms with Gasteiger partial charge in [-0.1, -0.05) is 34.1 Å². The van der Waals surface area contributed by atoms with Gasteiger partial charge >= 0.3 is 0 Å². The summed E-state index contributed by atoms with van der Waals surface area (Å²) in [6.45, 7) is 0.750. The molecule has 0 radical (unpaired) electrons. The van der Waals surface area contributed by atoms with Crippen LogP contribution >= 0.6 is 28.1 Å². The summed E-state index contributed by atoms with van der Waals surface area (Å²) in [7, 11) is 1.59. The SMILES string of the molecule is COCCOc1ccc(Br)cc1C(=O)NC(=S)Nc1ccc(Oc2ccccc2)cc1. The Balaban J connectivity index is 1.59. The van der Waals surface area contributed by atoms with Crippen molar-refractivity contribution < 1.29 is 19.0 Å². The fourth-order valence-corrected chi connectivity index (χ4v) is 3.18. The molecule has 6 nitrogen and oxygen atoms in total. The smallest absolute Gasteiger partial charge is 0.261 e. The van der Waals surface area contributed by atoms with Gasteiger partial charge in [-0.3, -0.25) is 10.1 Å². The van der Waals surface area contributed by atoms with Crippen molar-refractivity contribution in [1.82, 2.24) is 5.32 Å². The number of thiocarbonyl (C=S) groups is 1. The van der Waals surface area contributed by atoms with Crippen LogP contribution < -0.4 is 20.1 Å². The number of amides is 1. The minimum Gasteiger partial charge on any atom is -0.490 e. The maximum absolute atomic E-state index is 12.7. The van der Waals surface area contributed by atoms with Gasteiger partial charge in [0.15, 0.2) is 5.11 Å². The van der Waals surface area contributed by atoms with Crippen molar-refractivity contribution in [1.29, 1.82) is 0 Å². The second-order valence-corrected chi connectivity index (χ2v) is 7.65. The number of carbonyl (C=O) groups excluding carboxylic acids is 1. The van der Waals surface area contributed by atoms with Gasteiger partial charge in [0.1, 0.15) is 23.9 Å². The van der Waals surface area contributed by atoms with Crippen molar-refractivity contribution in [2.45, 2.75) is 0 Å². The van der Waals surface area contributed by atoms with Crippen LogP contribution in [0.1, 0.15) is 10.4 Å². The molecule has 0 heterocycles. The fourth-order valence-electron chi connectivity index (χ4n) is 2.60. The maximum Gasteiger partial charge on any atom is 0.261 e. The molecule has 0 aromatic heterocycles. The molecule has 0 aliphatic carbocycles. The van der Waals surface area contributed by atoms with Gasteiger partial charge in [-0.05, 0) is 66.8 Å². The lowest BCUT2D eigenvalue weighted by Crippen LogP contribution is -2.34. The van der Waals surface area contributed by atoms with E-state index in [0.29, 0.717) is 30.3 Å². The highest BCUT2D eigenvalue weighted by Gasteiger charge is 2.15. The van der Waals surface area contributed by atoms with Gasteiger partial charge in [0.25, 0.3) is 5.91 Å². The van der Waals surface area contributed by atoms with Crippen LogP contribution in [0.5, 0.6) is 17.2 Å². The summed E-state index contributed by atoms with van der Waals surface area (Å²) in [6, 6.07) is 22.0. The molecule has 160 valence electrons. The average molecular weight is 501 g/mol. The Morgan fingerprint density at radius 2 is 1.68 bits per heavy atom. The quantitative estimate of drug-likeness (QED) is 0.319. The highest BCUT2D eigenvalue weighted by Crippen LogP contribution is 2.24. The lowest BCUT2D eigenvalue weighted by atomic mass is 10.2. The van der Waals surface area contributed by atoms with Crippen LogP contribution in [0.15, 0.2) is 77.3 Å². The molecule has 0 unspecified atom stereocenters. The van der Waals surface area contributed by atoms with E-state index in [1.807, 2.05) is 54.6 Å². The first-order valence-corrected chi connectivity index (χ1v) is 10.6. The fraction of sp³-hybridized carbons (Fsp3) is 0.130. The van der Waals surface area contributed by atoms with Gasteiger partial charge in [-0.15, -0.1) is 0 Å². The van der Waals surface area contributed by atoms with E-state index in [0.717, 1.165) is 15.9 Å². The third-order valence-electron chi connectivity index (χ3n) is 4.05. The molecule has 3 aromatic rings. The second kappa shape index (κ2) is 11.5. The van der Waals surface area contributed by atoms with Crippen molar-refractivity contribution in [2.75, 3.05) is 25.6 Å². The Morgan fingerprint density at radius 3 is 2.39 bits per heavy atom. The summed E-state index contributed by atoms with van der Waals surface area (Å²) in [5.74, 6) is 1.51. The van der Waals surface area contributed by atoms with E-state index in [1.165, 1.54) is 0 Å². The molecule has 0 saturated carbocycles. The van der Waals surface area contributed by atoms with E-state index in [4.69, 9.17) is 26.4 Å². The zero-order chi connectivity index (χ0) is 22.1. The average Bonchev–Trinajstić information content (AvgIpc) is 2.77. The van der Waals surface area contributed by atoms with E-state index in [1.54, 1.807) is 25.3 Å². The third kappa shape index (κ3) is 7.06. The number of benzene rings is 3. The minimum atomic E-state index is -0.379. The number of nitrogens with one attached hydrogen (secondary N) is 2. The van der Waals surface area contributed by atoms with Gasteiger partial charge in [0.2, 0.25) is 0 Å². The number of ether oxygens (including phenoxy) is 3. The summed E-state index contributed by atoms with van der Waals surface area (Å²) in [4.78, 5) is 12.7. The molecule has 2 N–H and O–H groups in total. The number of para-hydroxylation sites is 1. The Kier molecular flexibility index (Phi) is 8.40. The molecule has 0 spiro atoms. The zero-order valence-electron chi connectivity index (χ0n) is 16.8. The summed E-state index contributed by atoms with van der Waals surface area (Å²) in [5.41, 5.74) is 1.08. The lowest BCUT2D eigenvalue weighted by Gasteiger charge is -2.14. The predicted molar refractivity (Wildman–Crippen MR) is 128 cm³/mol. The Morgan fingerprint density at radius 1 is 0.968 bits per heavy atom. The van der Waals surface area contributed by atoms with Gasteiger partial charge in [0, 0.05) is 17.3 Å². The monoisotopic (exact) mass is 500 g/mol. The number of carbonyl (C=O) groups is 1. The first-order chi connectivity index (χ1) is 15.0. The van der Waals surface area contributed by atoms with Crippen molar-refractivity contribution in [3.8, 4) is 17.2 Å². The highest BCUT2D eigenvalue weighted by molar-refractivity contribution is 9.10. The molecule has 1 amide bonds. The Bertz CT molecular complexity index is 1030. The van der Waals surface area contributed by atoms with Crippen LogP contribution in [0.2, 0.25) is 0 Å². The van der Waals surface area contributed by atoms with E-state index in [2.05, 4.69) is 26.6 Å². The number of methoxy groups -OCH3 is 1. The summed E-state index contributed by atoms with van der Waals surface area (Å²) < 4.78 is 17.1. The number of halogens is 1. The minimum absolute atomic E-state index is 0.171. The number of hydrogen-bond donors (Lipinski definition) is 2. The zero-order valence-corrected chi connectivity index (χ0v) is 19.2. The van der Waals surface area contributed by atoms with E-state index in [9.17, 15) is 4.79 Å². The van der Waals surface area contributed by atoms with Gasteiger partial charge in [-0.25, -0.2) is 0 Å². The maximum atomic E-state index is 12.7. The third-order valence-corrected chi connectivity index (χ3v) is 4.75. The molecule has 0 aliphatic rings. The first-order valence-electron chi connectivity index (χ1n) is 9.42. The molecule has 0 saturated heterocycles. The Labute approximate surface area is 194 Å². The molecular formula is C23H21BrN2O4S. The molecule has 3 rings (SSSR count). The molecule has 3 aromatic carbocycles. The second-order valence-electron chi connectivity index (χ2n) is 6.33. The number of anilines is 1. The Hall–Kier alpha value is -2.94. The number of hydrogen-bond acceptors (Lipinski definition) is 5. The first kappa shape index (κ1) is 22.7. The van der Waals surface area contributed by atoms with Crippen LogP contribution in [0.25, 0.3) is 0 Å².